The molecule has 2 aromatic heterocycles. The normalized spacial score (nSPS) is 16.0. The number of hydrogen-bond acceptors (Lipinski definition) is 3. The molecule has 5 nitrogen and oxygen atoms in total. The second kappa shape index (κ2) is 7.35. The Hall–Kier alpha value is -0.960. The highest BCUT2D eigenvalue weighted by molar-refractivity contribution is 14.0. The van der Waals surface area contributed by atoms with Gasteiger partial charge in [-0.25, -0.2) is 9.98 Å². The van der Waals surface area contributed by atoms with Gasteiger partial charge < -0.3 is 15.0 Å². The molecule has 0 saturated carbocycles. The van der Waals surface area contributed by atoms with Crippen molar-refractivity contribution in [3.8, 4) is 0 Å². The van der Waals surface area contributed by atoms with Gasteiger partial charge in [0.05, 0.1) is 12.2 Å². The number of rotatable bonds is 2. The van der Waals surface area contributed by atoms with Gasteiger partial charge in [0.1, 0.15) is 5.65 Å². The number of aliphatic imine (C=N–C) groups is 1. The van der Waals surface area contributed by atoms with Crippen molar-refractivity contribution < 1.29 is 0 Å². The third-order valence-corrected chi connectivity index (χ3v) is 4.43. The summed E-state index contributed by atoms with van der Waals surface area (Å²) in [6.45, 7) is 4.59. The maximum absolute atomic E-state index is 6.05. The van der Waals surface area contributed by atoms with E-state index in [0.717, 1.165) is 35.9 Å². The Kier molecular flexibility index (Phi) is 5.74. The smallest absolute Gasteiger partial charge is 0.191 e. The van der Waals surface area contributed by atoms with Crippen LogP contribution in [0.15, 0.2) is 29.4 Å². The van der Waals surface area contributed by atoms with Gasteiger partial charge in [-0.3, -0.25) is 0 Å². The number of nitrogens with two attached hydrogens (primary N) is 1. The summed E-state index contributed by atoms with van der Waals surface area (Å²) in [5.74, 6) is 2.90. The van der Waals surface area contributed by atoms with Gasteiger partial charge in [0.25, 0.3) is 0 Å². The molecule has 7 heteroatoms. The molecule has 2 N–H and O–H groups in total. The fourth-order valence-corrected chi connectivity index (χ4v) is 3.23. The zero-order chi connectivity index (χ0) is 13.9. The van der Waals surface area contributed by atoms with Gasteiger partial charge in [-0.2, -0.15) is 11.8 Å². The molecule has 0 aliphatic carbocycles. The number of pyridine rings is 1. The van der Waals surface area contributed by atoms with E-state index in [-0.39, 0.29) is 24.0 Å². The van der Waals surface area contributed by atoms with Crippen molar-refractivity contribution in [2.45, 2.75) is 13.5 Å². The van der Waals surface area contributed by atoms with E-state index in [9.17, 15) is 0 Å². The number of imidazole rings is 1. The Morgan fingerprint density at radius 1 is 1.38 bits per heavy atom. The zero-order valence-electron chi connectivity index (χ0n) is 12.0. The van der Waals surface area contributed by atoms with Gasteiger partial charge in [0, 0.05) is 36.5 Å². The van der Waals surface area contributed by atoms with Crippen LogP contribution in [-0.2, 0) is 6.54 Å². The third kappa shape index (κ3) is 3.82. The summed E-state index contributed by atoms with van der Waals surface area (Å²) in [4.78, 5) is 11.2. The van der Waals surface area contributed by atoms with Crippen molar-refractivity contribution in [1.29, 1.82) is 0 Å². The molecular formula is C14H20IN5S. The molecule has 3 rings (SSSR count). The topological polar surface area (TPSA) is 58.9 Å². The number of fused-ring (bicyclic) bond motifs is 1. The van der Waals surface area contributed by atoms with Gasteiger partial charge in [0.2, 0.25) is 0 Å². The maximum Gasteiger partial charge on any atom is 0.191 e. The molecule has 1 aliphatic rings. The van der Waals surface area contributed by atoms with Crippen molar-refractivity contribution in [3.05, 3.63) is 35.8 Å². The lowest BCUT2D eigenvalue weighted by atomic mass is 10.4. The lowest BCUT2D eigenvalue weighted by molar-refractivity contribution is 0.455. The van der Waals surface area contributed by atoms with Crippen LogP contribution in [0, 0.1) is 6.92 Å². The minimum Gasteiger partial charge on any atom is -0.370 e. The van der Waals surface area contributed by atoms with Crippen LogP contribution in [0.5, 0.6) is 0 Å². The Bertz CT molecular complexity index is 633. The minimum atomic E-state index is 0. The molecule has 0 bridgehead atoms. The first-order chi connectivity index (χ1) is 9.74. The molecule has 0 amide bonds. The van der Waals surface area contributed by atoms with E-state index < -0.39 is 0 Å². The van der Waals surface area contributed by atoms with E-state index in [4.69, 9.17) is 5.73 Å². The van der Waals surface area contributed by atoms with Crippen molar-refractivity contribution >= 4 is 47.3 Å². The van der Waals surface area contributed by atoms with Crippen LogP contribution in [0.4, 0.5) is 0 Å². The van der Waals surface area contributed by atoms with Crippen molar-refractivity contribution in [2.75, 3.05) is 24.6 Å². The quantitative estimate of drug-likeness (QED) is 0.462. The Balaban J connectivity index is 0.00000161. The van der Waals surface area contributed by atoms with Crippen LogP contribution >= 0.6 is 35.7 Å². The predicted octanol–water partition coefficient (Wildman–Crippen LogP) is 2.12. The second-order valence-corrected chi connectivity index (χ2v) is 6.13. The second-order valence-electron chi connectivity index (χ2n) is 4.90. The number of aromatic nitrogens is 2. The SMILES string of the molecule is Cc1cccc2nc(CN=C(N)N3CCSCC3)cn12.I. The average molecular weight is 417 g/mol. The first-order valence-corrected chi connectivity index (χ1v) is 7.96. The van der Waals surface area contributed by atoms with Crippen LogP contribution in [0.2, 0.25) is 0 Å². The molecule has 0 spiro atoms. The van der Waals surface area contributed by atoms with E-state index in [1.807, 2.05) is 30.1 Å². The highest BCUT2D eigenvalue weighted by Gasteiger charge is 2.12. The van der Waals surface area contributed by atoms with Gasteiger partial charge in [0.15, 0.2) is 5.96 Å². The number of aryl methyl sites for hydroxylation is 1. The molecular weight excluding hydrogens is 397 g/mol. The van der Waals surface area contributed by atoms with Crippen LogP contribution in [0.1, 0.15) is 11.4 Å². The number of nitrogens with zero attached hydrogens (tertiary/aromatic N) is 4. The number of hydrogen-bond donors (Lipinski definition) is 1. The molecule has 0 aromatic carbocycles. The molecule has 1 fully saturated rings. The third-order valence-electron chi connectivity index (χ3n) is 3.48. The van der Waals surface area contributed by atoms with E-state index >= 15 is 0 Å². The maximum atomic E-state index is 6.05. The van der Waals surface area contributed by atoms with Crippen LogP contribution < -0.4 is 5.73 Å². The summed E-state index contributed by atoms with van der Waals surface area (Å²) >= 11 is 1.97. The molecule has 114 valence electrons. The number of thioether (sulfide) groups is 1. The van der Waals surface area contributed by atoms with Crippen LogP contribution in [0.25, 0.3) is 5.65 Å². The molecule has 0 unspecified atom stereocenters. The first-order valence-electron chi connectivity index (χ1n) is 6.80. The summed E-state index contributed by atoms with van der Waals surface area (Å²) < 4.78 is 2.08. The fourth-order valence-electron chi connectivity index (χ4n) is 2.33. The molecule has 21 heavy (non-hydrogen) atoms. The fraction of sp³-hybridized carbons (Fsp3) is 0.429. The van der Waals surface area contributed by atoms with E-state index in [2.05, 4.69) is 32.3 Å². The van der Waals surface area contributed by atoms with Crippen molar-refractivity contribution in [1.82, 2.24) is 14.3 Å². The van der Waals surface area contributed by atoms with Gasteiger partial charge in [-0.15, -0.1) is 24.0 Å². The van der Waals surface area contributed by atoms with E-state index in [1.165, 1.54) is 5.69 Å². The van der Waals surface area contributed by atoms with Gasteiger partial charge >= 0.3 is 0 Å². The lowest BCUT2D eigenvalue weighted by Gasteiger charge is -2.27. The van der Waals surface area contributed by atoms with E-state index in [1.54, 1.807) is 0 Å². The van der Waals surface area contributed by atoms with Crippen LogP contribution in [0.3, 0.4) is 0 Å². The molecule has 0 atom stereocenters. The number of halogens is 1. The molecule has 1 aliphatic heterocycles. The summed E-state index contributed by atoms with van der Waals surface area (Å²) in [7, 11) is 0. The minimum absolute atomic E-state index is 0. The Labute approximate surface area is 146 Å². The summed E-state index contributed by atoms with van der Waals surface area (Å²) in [6.07, 6.45) is 2.04. The highest BCUT2D eigenvalue weighted by Crippen LogP contribution is 2.11. The van der Waals surface area contributed by atoms with Gasteiger partial charge in [-0.05, 0) is 19.1 Å². The molecule has 1 saturated heterocycles. The molecule has 2 aromatic rings. The van der Waals surface area contributed by atoms with Gasteiger partial charge in [-0.1, -0.05) is 6.07 Å². The standard InChI is InChI=1S/C14H19N5S.HI/c1-11-3-2-4-13-17-12(10-19(11)13)9-16-14(15)18-5-7-20-8-6-18;/h2-4,10H,5-9H2,1H3,(H2,15,16);1H. The van der Waals surface area contributed by atoms with Crippen molar-refractivity contribution in [3.63, 3.8) is 0 Å². The van der Waals surface area contributed by atoms with Crippen molar-refractivity contribution in [2.24, 2.45) is 10.7 Å². The van der Waals surface area contributed by atoms with Crippen LogP contribution in [-0.4, -0.2) is 44.8 Å². The number of guanidine groups is 1. The Morgan fingerprint density at radius 2 is 2.14 bits per heavy atom. The average Bonchev–Trinajstić information content (AvgIpc) is 2.90. The predicted molar refractivity (Wildman–Crippen MR) is 99.6 cm³/mol. The monoisotopic (exact) mass is 417 g/mol. The lowest BCUT2D eigenvalue weighted by Crippen LogP contribution is -2.42. The molecule has 0 radical (unpaired) electrons. The summed E-state index contributed by atoms with van der Waals surface area (Å²) in [5.41, 5.74) is 9.14. The summed E-state index contributed by atoms with van der Waals surface area (Å²) in [6, 6.07) is 6.09. The van der Waals surface area contributed by atoms with E-state index in [0.29, 0.717) is 12.5 Å². The largest absolute Gasteiger partial charge is 0.370 e. The Morgan fingerprint density at radius 3 is 2.86 bits per heavy atom. The summed E-state index contributed by atoms with van der Waals surface area (Å²) in [5, 5.41) is 0. The first kappa shape index (κ1) is 16.4. The highest BCUT2D eigenvalue weighted by atomic mass is 127. The molecule has 3 heterocycles. The zero-order valence-corrected chi connectivity index (χ0v) is 15.2.